The summed E-state index contributed by atoms with van der Waals surface area (Å²) in [5.41, 5.74) is 6.58. The molecule has 1 aliphatic heterocycles. The number of amides is 1. The lowest BCUT2D eigenvalue weighted by molar-refractivity contribution is -0.134. The maximum Gasteiger partial charge on any atom is 0.236 e. The van der Waals surface area contributed by atoms with E-state index in [-0.39, 0.29) is 11.3 Å². The normalized spacial score (nSPS) is 21.1. The maximum atomic E-state index is 12.8. The Hall–Kier alpha value is -1.67. The van der Waals surface area contributed by atoms with Gasteiger partial charge in [-0.25, -0.2) is 9.97 Å². The average molecular weight is 423 g/mol. The van der Waals surface area contributed by atoms with Gasteiger partial charge in [0, 0.05) is 36.9 Å². The number of nitrogens with zero attached hydrogens (tertiary/aromatic N) is 5. The van der Waals surface area contributed by atoms with Crippen molar-refractivity contribution in [2.75, 3.05) is 32.4 Å². The molecule has 0 bridgehead atoms. The number of fused-ring (bicyclic) bond motifs is 1. The van der Waals surface area contributed by atoms with E-state index in [0.717, 1.165) is 30.7 Å². The van der Waals surface area contributed by atoms with E-state index >= 15 is 0 Å². The molecule has 1 saturated heterocycles. The van der Waals surface area contributed by atoms with Crippen LogP contribution in [-0.4, -0.2) is 62.8 Å². The number of likely N-dealkylation sites (tertiary alicyclic amines) is 1. The SMILES string of the molecule is CC(C)N(C)CC(=O)N1CCC[C@@](C)(c2nc(Br)c3c(N)nccn23)C1. The highest BCUT2D eigenvalue weighted by atomic mass is 79.9. The first-order valence-electron chi connectivity index (χ1n) is 8.99. The fraction of sp³-hybridized carbons (Fsp3) is 0.611. The predicted molar refractivity (Wildman–Crippen MR) is 106 cm³/mol. The first-order valence-corrected chi connectivity index (χ1v) is 9.79. The lowest BCUT2D eigenvalue weighted by Crippen LogP contribution is -2.50. The summed E-state index contributed by atoms with van der Waals surface area (Å²) in [5.74, 6) is 1.54. The number of nitrogen functional groups attached to an aromatic ring is 1. The zero-order chi connectivity index (χ0) is 19.1. The summed E-state index contributed by atoms with van der Waals surface area (Å²) >= 11 is 3.51. The van der Waals surface area contributed by atoms with E-state index in [4.69, 9.17) is 10.7 Å². The minimum atomic E-state index is -0.229. The van der Waals surface area contributed by atoms with E-state index in [0.29, 0.717) is 29.6 Å². The highest BCUT2D eigenvalue weighted by Crippen LogP contribution is 2.36. The maximum absolute atomic E-state index is 12.8. The van der Waals surface area contributed by atoms with Crippen LogP contribution in [0, 0.1) is 0 Å². The van der Waals surface area contributed by atoms with Crippen LogP contribution in [0.3, 0.4) is 0 Å². The van der Waals surface area contributed by atoms with Crippen LogP contribution < -0.4 is 5.73 Å². The Labute approximate surface area is 162 Å². The Morgan fingerprint density at radius 2 is 2.23 bits per heavy atom. The van der Waals surface area contributed by atoms with Gasteiger partial charge in [-0.1, -0.05) is 6.92 Å². The molecule has 142 valence electrons. The molecule has 1 fully saturated rings. The van der Waals surface area contributed by atoms with Crippen molar-refractivity contribution in [1.82, 2.24) is 24.2 Å². The van der Waals surface area contributed by atoms with Gasteiger partial charge in [-0.3, -0.25) is 14.1 Å². The van der Waals surface area contributed by atoms with E-state index in [2.05, 4.69) is 46.6 Å². The average Bonchev–Trinajstić information content (AvgIpc) is 2.94. The van der Waals surface area contributed by atoms with E-state index in [1.165, 1.54) is 0 Å². The minimum Gasteiger partial charge on any atom is -0.382 e. The van der Waals surface area contributed by atoms with Gasteiger partial charge in [0.25, 0.3) is 0 Å². The van der Waals surface area contributed by atoms with E-state index in [1.54, 1.807) is 6.20 Å². The van der Waals surface area contributed by atoms with E-state index in [9.17, 15) is 4.79 Å². The molecule has 0 aromatic carbocycles. The summed E-state index contributed by atoms with van der Waals surface area (Å²) in [6.07, 6.45) is 5.51. The number of halogens is 1. The third-order valence-electron chi connectivity index (χ3n) is 5.40. The van der Waals surface area contributed by atoms with Crippen LogP contribution in [0.1, 0.15) is 39.4 Å². The molecule has 3 heterocycles. The second kappa shape index (κ2) is 7.15. The molecule has 1 atom stereocenters. The quantitative estimate of drug-likeness (QED) is 0.817. The van der Waals surface area contributed by atoms with Crippen LogP contribution in [0.25, 0.3) is 5.52 Å². The fourth-order valence-electron chi connectivity index (χ4n) is 3.58. The molecule has 3 rings (SSSR count). The molecule has 8 heteroatoms. The van der Waals surface area contributed by atoms with Crippen LogP contribution >= 0.6 is 15.9 Å². The standard InChI is InChI=1S/C18H27BrN6O/c1-12(2)23(4)10-13(26)24-8-5-6-18(3,11-24)17-22-15(19)14-16(20)21-7-9-25(14)17/h7,9,12H,5-6,8,10-11H2,1-4H3,(H2,20,21)/t18-/m1/s1. The van der Waals surface area contributed by atoms with Gasteiger partial charge in [0.05, 0.1) is 6.54 Å². The van der Waals surface area contributed by atoms with Crippen molar-refractivity contribution in [2.45, 2.75) is 45.1 Å². The van der Waals surface area contributed by atoms with Crippen LogP contribution in [0.15, 0.2) is 17.0 Å². The zero-order valence-corrected chi connectivity index (χ0v) is 17.5. The second-order valence-electron chi connectivity index (χ2n) is 7.75. The third kappa shape index (κ3) is 3.44. The molecule has 0 unspecified atom stereocenters. The Morgan fingerprint density at radius 1 is 1.50 bits per heavy atom. The number of likely N-dealkylation sites (N-methyl/N-ethyl adjacent to an activating group) is 1. The van der Waals surface area contributed by atoms with E-state index < -0.39 is 0 Å². The monoisotopic (exact) mass is 422 g/mol. The smallest absolute Gasteiger partial charge is 0.236 e. The Morgan fingerprint density at radius 3 is 2.92 bits per heavy atom. The van der Waals surface area contributed by atoms with E-state index in [1.807, 2.05) is 22.5 Å². The van der Waals surface area contributed by atoms with Gasteiger partial charge < -0.3 is 10.6 Å². The number of rotatable bonds is 4. The highest BCUT2D eigenvalue weighted by Gasteiger charge is 2.38. The number of carbonyl (C=O) groups excluding carboxylic acids is 1. The fourth-order valence-corrected chi connectivity index (χ4v) is 4.14. The molecule has 0 spiro atoms. The summed E-state index contributed by atoms with van der Waals surface area (Å²) in [6, 6.07) is 0.345. The Balaban J connectivity index is 1.89. The number of carbonyl (C=O) groups is 1. The van der Waals surface area contributed by atoms with Gasteiger partial charge in [-0.2, -0.15) is 0 Å². The number of nitrogens with two attached hydrogens (primary N) is 1. The first kappa shape index (κ1) is 19.1. The van der Waals surface area contributed by atoms with Gasteiger partial charge in [0.15, 0.2) is 5.82 Å². The van der Waals surface area contributed by atoms with Crippen molar-refractivity contribution in [2.24, 2.45) is 0 Å². The van der Waals surface area contributed by atoms with Crippen molar-refractivity contribution in [3.8, 4) is 0 Å². The van der Waals surface area contributed by atoms with Crippen molar-refractivity contribution in [3.63, 3.8) is 0 Å². The minimum absolute atomic E-state index is 0.174. The largest absolute Gasteiger partial charge is 0.382 e. The molecule has 2 aromatic rings. The lowest BCUT2D eigenvalue weighted by atomic mass is 9.81. The molecular weight excluding hydrogens is 396 g/mol. The van der Waals surface area contributed by atoms with Gasteiger partial charge in [-0.15, -0.1) is 0 Å². The molecule has 2 N–H and O–H groups in total. The predicted octanol–water partition coefficient (Wildman–Crippen LogP) is 2.29. The Bertz CT molecular complexity index is 819. The summed E-state index contributed by atoms with van der Waals surface area (Å²) in [6.45, 7) is 8.27. The second-order valence-corrected chi connectivity index (χ2v) is 8.50. The molecule has 0 saturated carbocycles. The van der Waals surface area contributed by atoms with Gasteiger partial charge >= 0.3 is 0 Å². The number of piperidine rings is 1. The molecular formula is C18H27BrN6O. The highest BCUT2D eigenvalue weighted by molar-refractivity contribution is 9.10. The summed E-state index contributed by atoms with van der Waals surface area (Å²) in [5, 5.41) is 0. The molecule has 0 radical (unpaired) electrons. The van der Waals surface area contributed by atoms with Crippen molar-refractivity contribution in [3.05, 3.63) is 22.8 Å². The number of aromatic nitrogens is 3. The zero-order valence-electron chi connectivity index (χ0n) is 15.9. The number of imidazole rings is 1. The molecule has 26 heavy (non-hydrogen) atoms. The first-order chi connectivity index (χ1) is 12.2. The van der Waals surface area contributed by atoms with Crippen LogP contribution in [-0.2, 0) is 10.2 Å². The summed E-state index contributed by atoms with van der Waals surface area (Å²) in [7, 11) is 1.99. The van der Waals surface area contributed by atoms with Crippen molar-refractivity contribution >= 4 is 33.2 Å². The van der Waals surface area contributed by atoms with Crippen LogP contribution in [0.4, 0.5) is 5.82 Å². The van der Waals surface area contributed by atoms with Crippen LogP contribution in [0.2, 0.25) is 0 Å². The van der Waals surface area contributed by atoms with Gasteiger partial charge in [0.1, 0.15) is 15.9 Å². The number of anilines is 1. The van der Waals surface area contributed by atoms with Gasteiger partial charge in [0.2, 0.25) is 5.91 Å². The topological polar surface area (TPSA) is 79.8 Å². The van der Waals surface area contributed by atoms with Crippen molar-refractivity contribution < 1.29 is 4.79 Å². The van der Waals surface area contributed by atoms with Gasteiger partial charge in [-0.05, 0) is 49.7 Å². The number of hydrogen-bond acceptors (Lipinski definition) is 5. The summed E-state index contributed by atoms with van der Waals surface area (Å²) < 4.78 is 2.70. The third-order valence-corrected chi connectivity index (χ3v) is 5.95. The lowest BCUT2D eigenvalue weighted by Gasteiger charge is -2.40. The molecule has 0 aliphatic carbocycles. The van der Waals surface area contributed by atoms with Crippen molar-refractivity contribution in [1.29, 1.82) is 0 Å². The molecule has 2 aromatic heterocycles. The van der Waals surface area contributed by atoms with Crippen LogP contribution in [0.5, 0.6) is 0 Å². The Kier molecular flexibility index (Phi) is 5.25. The number of hydrogen-bond donors (Lipinski definition) is 1. The molecule has 1 amide bonds. The molecule has 7 nitrogen and oxygen atoms in total. The summed E-state index contributed by atoms with van der Waals surface area (Å²) in [4.78, 5) is 25.7. The molecule has 1 aliphatic rings.